The molecule has 0 aromatic carbocycles. The molecular weight excluding hydrogens is 124 g/mol. The number of nitrogens with zero attached hydrogens (tertiary/aromatic N) is 1. The highest BCUT2D eigenvalue weighted by Crippen LogP contribution is 1.92. The maximum absolute atomic E-state index is 4.39. The predicted molar refractivity (Wildman–Crippen MR) is 46.5 cm³/mol. The van der Waals surface area contributed by atoms with Gasteiger partial charge in [-0.25, -0.2) is 0 Å². The van der Waals surface area contributed by atoms with Crippen LogP contribution in [0.25, 0.3) is 0 Å². The average molecular weight is 142 g/mol. The smallest absolute Gasteiger partial charge is 0.0963 e. The van der Waals surface area contributed by atoms with Gasteiger partial charge in [-0.15, -0.1) is 0 Å². The largest absolute Gasteiger partial charge is 0.377 e. The van der Waals surface area contributed by atoms with Gasteiger partial charge in [-0.3, -0.25) is 4.99 Å². The molecule has 60 valence electrons. The Kier molecular flexibility index (Phi) is 4.99. The van der Waals surface area contributed by atoms with Gasteiger partial charge in [0.05, 0.1) is 5.84 Å². The molecule has 0 heterocycles. The van der Waals surface area contributed by atoms with Crippen molar-refractivity contribution in [2.24, 2.45) is 4.99 Å². The molecule has 0 fully saturated rings. The molecule has 0 radical (unpaired) electrons. The monoisotopic (exact) mass is 142 g/mol. The lowest BCUT2D eigenvalue weighted by atomic mass is 10.3. The van der Waals surface area contributed by atoms with E-state index in [4.69, 9.17) is 0 Å². The third kappa shape index (κ3) is 4.36. The lowest BCUT2D eigenvalue weighted by Crippen LogP contribution is -2.19. The van der Waals surface area contributed by atoms with Gasteiger partial charge in [0.1, 0.15) is 0 Å². The third-order valence-corrected chi connectivity index (χ3v) is 1.19. The molecule has 0 aromatic rings. The number of hydrogen-bond acceptors (Lipinski definition) is 1. The maximum atomic E-state index is 4.39. The minimum Gasteiger partial charge on any atom is -0.377 e. The lowest BCUT2D eigenvalue weighted by Gasteiger charge is -2.05. The molecule has 0 saturated heterocycles. The standard InChI is InChI=1S/C8H18N2/c1-5-6-8(9-4)10-7(2)3/h7H,5-6H2,1-4H3,(H,9,10). The summed E-state index contributed by atoms with van der Waals surface area (Å²) in [4.78, 5) is 4.39. The summed E-state index contributed by atoms with van der Waals surface area (Å²) in [5.74, 6) is 1.12. The topological polar surface area (TPSA) is 24.4 Å². The molecule has 0 aliphatic heterocycles. The normalized spacial score (nSPS) is 12.3. The Hall–Kier alpha value is -0.530. The van der Waals surface area contributed by atoms with E-state index in [1.165, 1.54) is 0 Å². The van der Waals surface area contributed by atoms with Gasteiger partial charge in [0.2, 0.25) is 0 Å². The number of hydrogen-bond donors (Lipinski definition) is 1. The van der Waals surface area contributed by atoms with Crippen LogP contribution in [0, 0.1) is 0 Å². The molecule has 0 aromatic heterocycles. The van der Waals surface area contributed by atoms with Gasteiger partial charge in [-0.2, -0.15) is 0 Å². The Labute approximate surface area is 63.7 Å². The molecule has 2 nitrogen and oxygen atoms in total. The van der Waals surface area contributed by atoms with E-state index in [1.807, 2.05) is 7.05 Å². The number of nitrogens with one attached hydrogen (secondary N) is 1. The second-order valence-electron chi connectivity index (χ2n) is 2.67. The van der Waals surface area contributed by atoms with Crippen molar-refractivity contribution in [2.75, 3.05) is 7.05 Å². The molecule has 0 aliphatic carbocycles. The highest BCUT2D eigenvalue weighted by Gasteiger charge is 1.94. The van der Waals surface area contributed by atoms with Gasteiger partial charge in [-0.05, 0) is 20.3 Å². The van der Waals surface area contributed by atoms with Crippen LogP contribution in [-0.4, -0.2) is 18.9 Å². The molecule has 10 heavy (non-hydrogen) atoms. The van der Waals surface area contributed by atoms with Gasteiger partial charge in [-0.1, -0.05) is 6.92 Å². The van der Waals surface area contributed by atoms with E-state index in [0.717, 1.165) is 18.7 Å². The Morgan fingerprint density at radius 2 is 2.10 bits per heavy atom. The van der Waals surface area contributed by atoms with Crippen molar-refractivity contribution in [2.45, 2.75) is 39.7 Å². The van der Waals surface area contributed by atoms with Crippen molar-refractivity contribution >= 4 is 5.84 Å². The summed E-state index contributed by atoms with van der Waals surface area (Å²) in [5.41, 5.74) is 0. The Morgan fingerprint density at radius 3 is 2.40 bits per heavy atom. The van der Waals surface area contributed by atoms with E-state index < -0.39 is 0 Å². The van der Waals surface area contributed by atoms with Gasteiger partial charge in [0, 0.05) is 19.5 Å². The van der Waals surface area contributed by atoms with Gasteiger partial charge < -0.3 is 5.32 Å². The van der Waals surface area contributed by atoms with E-state index >= 15 is 0 Å². The Morgan fingerprint density at radius 1 is 1.50 bits per heavy atom. The number of rotatable bonds is 3. The fourth-order valence-corrected chi connectivity index (χ4v) is 0.803. The van der Waals surface area contributed by atoms with Crippen LogP contribution in [0.4, 0.5) is 0 Å². The first-order valence-electron chi connectivity index (χ1n) is 3.95. The quantitative estimate of drug-likeness (QED) is 0.471. The van der Waals surface area contributed by atoms with Crippen LogP contribution in [0.3, 0.4) is 0 Å². The second-order valence-corrected chi connectivity index (χ2v) is 2.67. The Balaban J connectivity index is 3.78. The van der Waals surface area contributed by atoms with Crippen LogP contribution in [0.5, 0.6) is 0 Å². The Bertz CT molecular complexity index is 106. The van der Waals surface area contributed by atoms with Gasteiger partial charge in [0.15, 0.2) is 0 Å². The SMILES string of the molecule is CCC/C(=N/C(C)C)NC. The van der Waals surface area contributed by atoms with Crippen LogP contribution in [-0.2, 0) is 0 Å². The first-order valence-corrected chi connectivity index (χ1v) is 3.95. The van der Waals surface area contributed by atoms with E-state index in [9.17, 15) is 0 Å². The molecule has 0 atom stereocenters. The minimum absolute atomic E-state index is 0.411. The van der Waals surface area contributed by atoms with E-state index in [-0.39, 0.29) is 0 Å². The molecule has 0 saturated carbocycles. The molecule has 0 aliphatic rings. The van der Waals surface area contributed by atoms with E-state index in [0.29, 0.717) is 6.04 Å². The molecule has 1 N–H and O–H groups in total. The third-order valence-electron chi connectivity index (χ3n) is 1.19. The molecule has 0 spiro atoms. The molecule has 0 unspecified atom stereocenters. The van der Waals surface area contributed by atoms with Crippen molar-refractivity contribution < 1.29 is 0 Å². The molecule has 0 amide bonds. The first kappa shape index (κ1) is 9.47. The predicted octanol–water partition coefficient (Wildman–Crippen LogP) is 1.81. The summed E-state index contributed by atoms with van der Waals surface area (Å²) in [6.45, 7) is 6.34. The van der Waals surface area contributed by atoms with Crippen LogP contribution in [0.1, 0.15) is 33.6 Å². The number of aliphatic imine (C=N–C) groups is 1. The summed E-state index contributed by atoms with van der Waals surface area (Å²) in [6.07, 6.45) is 2.22. The van der Waals surface area contributed by atoms with Crippen molar-refractivity contribution in [1.29, 1.82) is 0 Å². The zero-order valence-electron chi connectivity index (χ0n) is 7.44. The average Bonchev–Trinajstić information content (AvgIpc) is 1.86. The van der Waals surface area contributed by atoms with Crippen LogP contribution in [0.15, 0.2) is 4.99 Å². The number of amidine groups is 1. The lowest BCUT2D eigenvalue weighted by molar-refractivity contribution is 0.807. The van der Waals surface area contributed by atoms with Crippen molar-refractivity contribution in [3.63, 3.8) is 0 Å². The fourth-order valence-electron chi connectivity index (χ4n) is 0.803. The fraction of sp³-hybridized carbons (Fsp3) is 0.875. The van der Waals surface area contributed by atoms with Gasteiger partial charge >= 0.3 is 0 Å². The van der Waals surface area contributed by atoms with Crippen LogP contribution in [0.2, 0.25) is 0 Å². The first-order chi connectivity index (χ1) is 4.70. The maximum Gasteiger partial charge on any atom is 0.0963 e. The van der Waals surface area contributed by atoms with Crippen molar-refractivity contribution in [1.82, 2.24) is 5.32 Å². The zero-order chi connectivity index (χ0) is 7.98. The van der Waals surface area contributed by atoms with Crippen molar-refractivity contribution in [3.8, 4) is 0 Å². The summed E-state index contributed by atoms with van der Waals surface area (Å²) >= 11 is 0. The van der Waals surface area contributed by atoms with Crippen molar-refractivity contribution in [3.05, 3.63) is 0 Å². The summed E-state index contributed by atoms with van der Waals surface area (Å²) in [6, 6.07) is 0.411. The molecule has 0 bridgehead atoms. The van der Waals surface area contributed by atoms with Crippen LogP contribution < -0.4 is 5.32 Å². The minimum atomic E-state index is 0.411. The molecule has 2 heteroatoms. The summed E-state index contributed by atoms with van der Waals surface area (Å²) in [5, 5.41) is 3.08. The van der Waals surface area contributed by atoms with Gasteiger partial charge in [0.25, 0.3) is 0 Å². The summed E-state index contributed by atoms with van der Waals surface area (Å²) < 4.78 is 0. The summed E-state index contributed by atoms with van der Waals surface area (Å²) in [7, 11) is 1.93. The zero-order valence-corrected chi connectivity index (χ0v) is 7.44. The highest BCUT2D eigenvalue weighted by atomic mass is 15.0. The van der Waals surface area contributed by atoms with E-state index in [1.54, 1.807) is 0 Å². The van der Waals surface area contributed by atoms with E-state index in [2.05, 4.69) is 31.1 Å². The molecular formula is C8H18N2. The van der Waals surface area contributed by atoms with Crippen LogP contribution >= 0.6 is 0 Å². The highest BCUT2D eigenvalue weighted by molar-refractivity contribution is 5.81. The molecule has 0 rings (SSSR count). The second kappa shape index (κ2) is 5.27.